The van der Waals surface area contributed by atoms with E-state index in [-0.39, 0.29) is 11.5 Å². The third kappa shape index (κ3) is 4.34. The number of aromatic nitrogens is 4. The van der Waals surface area contributed by atoms with Gasteiger partial charge in [0.05, 0.1) is 25.0 Å². The number of amidine groups is 1. The van der Waals surface area contributed by atoms with E-state index in [9.17, 15) is 15.3 Å². The summed E-state index contributed by atoms with van der Waals surface area (Å²) in [6, 6.07) is -0.310. The number of halogens is 1. The Morgan fingerprint density at radius 1 is 1.32 bits per heavy atom. The van der Waals surface area contributed by atoms with Crippen LogP contribution in [0, 0.1) is 0 Å². The second-order valence-corrected chi connectivity index (χ2v) is 7.85. The van der Waals surface area contributed by atoms with Gasteiger partial charge >= 0.3 is 0 Å². The number of aliphatic hydroxyl groups is 3. The third-order valence-electron chi connectivity index (χ3n) is 5.22. The number of ether oxygens (including phenoxy) is 1. The molecule has 0 amide bonds. The summed E-state index contributed by atoms with van der Waals surface area (Å²) in [6.45, 7) is 1.70. The molecule has 4 rings (SSSR count). The second-order valence-electron chi connectivity index (χ2n) is 7.38. The van der Waals surface area contributed by atoms with Crippen molar-refractivity contribution in [3.63, 3.8) is 0 Å². The molecule has 0 spiro atoms. The van der Waals surface area contributed by atoms with Crippen LogP contribution >= 0.6 is 11.6 Å². The maximum atomic E-state index is 10.3. The topological polar surface area (TPSA) is 162 Å². The van der Waals surface area contributed by atoms with Gasteiger partial charge in [0.25, 0.3) is 0 Å². The van der Waals surface area contributed by atoms with Crippen LogP contribution in [0.5, 0.6) is 0 Å². The molecule has 2 aliphatic heterocycles. The van der Waals surface area contributed by atoms with E-state index in [1.165, 1.54) is 17.2 Å². The van der Waals surface area contributed by atoms with Crippen LogP contribution in [0.3, 0.4) is 0 Å². The van der Waals surface area contributed by atoms with Gasteiger partial charge in [-0.05, 0) is 6.42 Å². The molecule has 31 heavy (non-hydrogen) atoms. The summed E-state index contributed by atoms with van der Waals surface area (Å²) in [5.41, 5.74) is 3.24. The number of rotatable bonds is 8. The Labute approximate surface area is 183 Å². The van der Waals surface area contributed by atoms with Gasteiger partial charge in [0.1, 0.15) is 36.2 Å². The molecule has 1 fully saturated rings. The minimum Gasteiger partial charge on any atom is -0.394 e. The highest BCUT2D eigenvalue weighted by molar-refractivity contribution is 6.24. The van der Waals surface area contributed by atoms with E-state index in [1.807, 2.05) is 0 Å². The van der Waals surface area contributed by atoms with Gasteiger partial charge in [0.15, 0.2) is 23.2 Å². The van der Waals surface area contributed by atoms with E-state index in [4.69, 9.17) is 16.3 Å². The molecule has 3 unspecified atom stereocenters. The van der Waals surface area contributed by atoms with E-state index >= 15 is 0 Å². The SMILES string of the molecule is CCCCC1=NC(/C=N/Nc2ncnc3c2ncn3[C@@H]2O[C@H](CO)[C@H](O)C2O)C(Cl)N1. The molecule has 2 aliphatic rings. The third-order valence-corrected chi connectivity index (χ3v) is 5.59. The summed E-state index contributed by atoms with van der Waals surface area (Å²) in [7, 11) is 0. The van der Waals surface area contributed by atoms with Crippen LogP contribution in [0.25, 0.3) is 11.2 Å². The predicted molar refractivity (Wildman–Crippen MR) is 114 cm³/mol. The van der Waals surface area contributed by atoms with Gasteiger partial charge in [-0.2, -0.15) is 5.10 Å². The number of alkyl halides is 1. The monoisotopic (exact) mass is 452 g/mol. The molecule has 0 bridgehead atoms. The molecule has 5 N–H and O–H groups in total. The number of aliphatic imine (C=N–C) groups is 1. The molecule has 0 aliphatic carbocycles. The quantitative estimate of drug-likeness (QED) is 0.160. The van der Waals surface area contributed by atoms with Crippen molar-refractivity contribution in [3.05, 3.63) is 12.7 Å². The fourth-order valence-electron chi connectivity index (χ4n) is 3.52. The molecule has 13 heteroatoms. The normalized spacial score (nSPS) is 30.8. The summed E-state index contributed by atoms with van der Waals surface area (Å²) >= 11 is 6.29. The largest absolute Gasteiger partial charge is 0.394 e. The molecule has 4 heterocycles. The van der Waals surface area contributed by atoms with Gasteiger partial charge in [-0.25, -0.2) is 15.0 Å². The van der Waals surface area contributed by atoms with Crippen LogP contribution < -0.4 is 10.7 Å². The zero-order valence-electron chi connectivity index (χ0n) is 16.8. The summed E-state index contributed by atoms with van der Waals surface area (Å²) in [5.74, 6) is 1.22. The number of hydrogen-bond donors (Lipinski definition) is 5. The number of hydrogen-bond acceptors (Lipinski definition) is 11. The first-order chi connectivity index (χ1) is 15.0. The Morgan fingerprint density at radius 2 is 2.16 bits per heavy atom. The number of hydrazone groups is 1. The van der Waals surface area contributed by atoms with Crippen molar-refractivity contribution in [1.82, 2.24) is 24.8 Å². The lowest BCUT2D eigenvalue weighted by Gasteiger charge is -2.16. The van der Waals surface area contributed by atoms with Gasteiger partial charge in [0.2, 0.25) is 0 Å². The summed E-state index contributed by atoms with van der Waals surface area (Å²) in [4.78, 5) is 17.2. The number of imidazole rings is 1. The van der Waals surface area contributed by atoms with Crippen molar-refractivity contribution in [2.45, 2.75) is 62.3 Å². The Bertz CT molecular complexity index is 969. The van der Waals surface area contributed by atoms with Crippen molar-refractivity contribution >= 4 is 40.6 Å². The average molecular weight is 453 g/mol. The van der Waals surface area contributed by atoms with E-state index in [1.54, 1.807) is 6.21 Å². The molecule has 1 saturated heterocycles. The van der Waals surface area contributed by atoms with E-state index in [0.717, 1.165) is 25.1 Å². The summed E-state index contributed by atoms with van der Waals surface area (Å²) < 4.78 is 7.03. The number of nitrogens with one attached hydrogen (secondary N) is 2. The first kappa shape index (κ1) is 21.8. The zero-order valence-corrected chi connectivity index (χ0v) is 17.6. The van der Waals surface area contributed by atoms with Crippen LogP contribution in [0.15, 0.2) is 22.7 Å². The van der Waals surface area contributed by atoms with Crippen LogP contribution in [0.4, 0.5) is 5.82 Å². The highest BCUT2D eigenvalue weighted by atomic mass is 35.5. The molecule has 0 saturated carbocycles. The predicted octanol–water partition coefficient (Wildman–Crippen LogP) is -0.0391. The zero-order chi connectivity index (χ0) is 22.0. The first-order valence-corrected chi connectivity index (χ1v) is 10.5. The Morgan fingerprint density at radius 3 is 2.90 bits per heavy atom. The van der Waals surface area contributed by atoms with Gasteiger partial charge in [-0.3, -0.25) is 15.0 Å². The summed E-state index contributed by atoms with van der Waals surface area (Å²) in [6.07, 6.45) is 3.01. The van der Waals surface area contributed by atoms with Crippen LogP contribution in [-0.4, -0.2) is 83.4 Å². The highest BCUT2D eigenvalue weighted by Crippen LogP contribution is 2.32. The standard InChI is InChI=1S/C18H25ClN8O4/c1-2-3-4-11-24-9(15(19)25-11)5-23-26-16-12-17(21-7-20-16)27(8-22-12)18-14(30)13(29)10(6-28)31-18/h5,7-10,13-15,18,28-30H,2-4,6H2,1H3,(H,24,25)(H,20,21,26)/b23-5+/t9?,10-,13+,14?,15?,18-/m1/s1. The molecule has 168 valence electrons. The second kappa shape index (κ2) is 9.40. The minimum absolute atomic E-state index is 0.310. The lowest BCUT2D eigenvalue weighted by Crippen LogP contribution is -2.33. The Hall–Kier alpha value is -2.38. The molecule has 12 nitrogen and oxygen atoms in total. The molecule has 2 aromatic heterocycles. The highest BCUT2D eigenvalue weighted by Gasteiger charge is 2.44. The van der Waals surface area contributed by atoms with Gasteiger partial charge in [0, 0.05) is 6.42 Å². The van der Waals surface area contributed by atoms with E-state index in [0.29, 0.717) is 17.0 Å². The van der Waals surface area contributed by atoms with E-state index in [2.05, 4.69) is 42.7 Å². The number of anilines is 1. The maximum absolute atomic E-state index is 10.3. The van der Waals surface area contributed by atoms with Crippen molar-refractivity contribution < 1.29 is 20.1 Å². The van der Waals surface area contributed by atoms with Gasteiger partial charge in [-0.1, -0.05) is 24.9 Å². The number of fused-ring (bicyclic) bond motifs is 1. The molecule has 0 aromatic carbocycles. The number of unbranched alkanes of at least 4 members (excludes halogenated alkanes) is 1. The van der Waals surface area contributed by atoms with Crippen molar-refractivity contribution in [3.8, 4) is 0 Å². The molecule has 0 radical (unpaired) electrons. The van der Waals surface area contributed by atoms with Gasteiger partial charge in [-0.15, -0.1) is 0 Å². The minimum atomic E-state index is -1.24. The maximum Gasteiger partial charge on any atom is 0.177 e. The van der Waals surface area contributed by atoms with Crippen LogP contribution in [0.2, 0.25) is 0 Å². The molecular weight excluding hydrogens is 428 g/mol. The van der Waals surface area contributed by atoms with Crippen molar-refractivity contribution in [2.24, 2.45) is 10.1 Å². The molecule has 2 aromatic rings. The van der Waals surface area contributed by atoms with Crippen molar-refractivity contribution in [1.29, 1.82) is 0 Å². The molecule has 6 atom stereocenters. The van der Waals surface area contributed by atoms with E-state index < -0.39 is 31.1 Å². The first-order valence-electron chi connectivity index (χ1n) is 10.1. The van der Waals surface area contributed by atoms with Crippen LogP contribution in [-0.2, 0) is 4.74 Å². The molecular formula is C18H25ClN8O4. The van der Waals surface area contributed by atoms with Crippen molar-refractivity contribution in [2.75, 3.05) is 12.0 Å². The fourth-order valence-corrected chi connectivity index (χ4v) is 3.77. The Kier molecular flexibility index (Phi) is 6.62. The Balaban J connectivity index is 1.49. The number of nitrogens with zero attached hydrogens (tertiary/aromatic N) is 6. The fraction of sp³-hybridized carbons (Fsp3) is 0.611. The number of aliphatic hydroxyl groups excluding tert-OH is 3. The lowest BCUT2D eigenvalue weighted by molar-refractivity contribution is -0.0511. The average Bonchev–Trinajstić information content (AvgIpc) is 3.43. The van der Waals surface area contributed by atoms with Crippen LogP contribution in [0.1, 0.15) is 32.4 Å². The summed E-state index contributed by atoms with van der Waals surface area (Å²) in [5, 5.41) is 36.9. The lowest BCUT2D eigenvalue weighted by atomic mass is 10.1. The smallest absolute Gasteiger partial charge is 0.177 e. The van der Waals surface area contributed by atoms with Gasteiger partial charge < -0.3 is 25.4 Å².